The fourth-order valence-corrected chi connectivity index (χ4v) is 0.994. The number of Topliss-reactive ketones (excluding diaryl/α,β-unsaturated/α-hetero) is 1. The van der Waals surface area contributed by atoms with E-state index >= 15 is 0 Å². The van der Waals surface area contributed by atoms with Crippen LogP contribution in [-0.4, -0.2) is 18.5 Å². The van der Waals surface area contributed by atoms with Gasteiger partial charge in [0, 0.05) is 0 Å². The first-order valence-corrected chi connectivity index (χ1v) is 4.30. The fraction of sp³-hybridized carbons (Fsp3) is 0.500. The number of ether oxygens (including phenoxy) is 1. The Balaban J connectivity index is 2.54. The molecule has 1 heterocycles. The molecule has 0 atom stereocenters. The third-order valence-corrected chi connectivity index (χ3v) is 1.71. The quantitative estimate of drug-likeness (QED) is 0.670. The van der Waals surface area contributed by atoms with Crippen molar-refractivity contribution in [2.75, 3.05) is 6.61 Å². The first kappa shape index (κ1) is 9.99. The molecule has 0 aliphatic rings. The highest BCUT2D eigenvalue weighted by Gasteiger charge is 2.11. The third kappa shape index (κ3) is 2.70. The Morgan fingerprint density at radius 2 is 2.31 bits per heavy atom. The Kier molecular flexibility index (Phi) is 3.25. The molecular weight excluding hydrogens is 168 g/mol. The van der Waals surface area contributed by atoms with Crippen molar-refractivity contribution < 1.29 is 13.9 Å². The molecule has 0 aliphatic heterocycles. The van der Waals surface area contributed by atoms with Gasteiger partial charge in [0.25, 0.3) is 0 Å². The van der Waals surface area contributed by atoms with Crippen LogP contribution in [0, 0.1) is 6.92 Å². The second-order valence-electron chi connectivity index (χ2n) is 3.17. The van der Waals surface area contributed by atoms with Crippen LogP contribution in [0.25, 0.3) is 0 Å². The van der Waals surface area contributed by atoms with Gasteiger partial charge in [0.1, 0.15) is 12.4 Å². The van der Waals surface area contributed by atoms with Gasteiger partial charge in [-0.1, -0.05) is 0 Å². The van der Waals surface area contributed by atoms with Gasteiger partial charge in [0.2, 0.25) is 0 Å². The lowest BCUT2D eigenvalue weighted by Gasteiger charge is -2.05. The predicted molar refractivity (Wildman–Crippen MR) is 48.9 cm³/mol. The summed E-state index contributed by atoms with van der Waals surface area (Å²) in [6.07, 6.45) is 1.59. The molecule has 0 bridgehead atoms. The van der Waals surface area contributed by atoms with Crippen LogP contribution in [0.4, 0.5) is 0 Å². The number of hydrogen-bond acceptors (Lipinski definition) is 3. The maximum absolute atomic E-state index is 11.4. The van der Waals surface area contributed by atoms with Crippen molar-refractivity contribution in [3.8, 4) is 0 Å². The van der Waals surface area contributed by atoms with E-state index in [2.05, 4.69) is 0 Å². The predicted octanol–water partition coefficient (Wildman–Crippen LogP) is 2.20. The zero-order valence-electron chi connectivity index (χ0n) is 8.16. The van der Waals surface area contributed by atoms with Crippen molar-refractivity contribution in [3.05, 3.63) is 23.7 Å². The highest BCUT2D eigenvalue weighted by molar-refractivity contribution is 5.97. The van der Waals surface area contributed by atoms with Gasteiger partial charge in [0.05, 0.1) is 17.9 Å². The largest absolute Gasteiger partial charge is 0.469 e. The monoisotopic (exact) mass is 182 g/mol. The lowest BCUT2D eigenvalue weighted by Crippen LogP contribution is -2.13. The van der Waals surface area contributed by atoms with E-state index in [0.29, 0.717) is 11.3 Å². The maximum Gasteiger partial charge on any atom is 0.191 e. The highest BCUT2D eigenvalue weighted by atomic mass is 16.5. The van der Waals surface area contributed by atoms with Crippen molar-refractivity contribution in [2.45, 2.75) is 26.9 Å². The van der Waals surface area contributed by atoms with Gasteiger partial charge in [0.15, 0.2) is 5.78 Å². The Morgan fingerprint density at radius 1 is 1.62 bits per heavy atom. The number of rotatable bonds is 4. The van der Waals surface area contributed by atoms with E-state index in [4.69, 9.17) is 9.15 Å². The fourth-order valence-electron chi connectivity index (χ4n) is 0.994. The number of furan rings is 1. The van der Waals surface area contributed by atoms with E-state index in [1.165, 1.54) is 6.26 Å². The average molecular weight is 182 g/mol. The summed E-state index contributed by atoms with van der Waals surface area (Å²) in [7, 11) is 0. The van der Waals surface area contributed by atoms with Crippen molar-refractivity contribution in [3.63, 3.8) is 0 Å². The van der Waals surface area contributed by atoms with Crippen LogP contribution < -0.4 is 0 Å². The summed E-state index contributed by atoms with van der Waals surface area (Å²) in [5.74, 6) is 0.623. The molecule has 1 aromatic rings. The van der Waals surface area contributed by atoms with Crippen LogP contribution in [0.5, 0.6) is 0 Å². The molecule has 1 aromatic heterocycles. The molecule has 0 aliphatic carbocycles. The molecule has 72 valence electrons. The van der Waals surface area contributed by atoms with Crippen molar-refractivity contribution >= 4 is 5.78 Å². The standard InChI is InChI=1S/C10H14O3/c1-7(2)13-6-10(11)9-4-5-12-8(9)3/h4-5,7H,6H2,1-3H3. The average Bonchev–Trinajstić information content (AvgIpc) is 2.47. The molecule has 0 saturated heterocycles. The van der Waals surface area contributed by atoms with Gasteiger partial charge < -0.3 is 9.15 Å². The van der Waals surface area contributed by atoms with E-state index < -0.39 is 0 Å². The van der Waals surface area contributed by atoms with Crippen molar-refractivity contribution in [2.24, 2.45) is 0 Å². The molecule has 0 unspecified atom stereocenters. The second-order valence-corrected chi connectivity index (χ2v) is 3.17. The number of aryl methyl sites for hydroxylation is 1. The second kappa shape index (κ2) is 4.23. The van der Waals surface area contributed by atoms with E-state index in [1.807, 2.05) is 13.8 Å². The number of carbonyl (C=O) groups is 1. The number of hydrogen-bond donors (Lipinski definition) is 0. The van der Waals surface area contributed by atoms with Gasteiger partial charge in [-0.3, -0.25) is 4.79 Å². The summed E-state index contributed by atoms with van der Waals surface area (Å²) < 4.78 is 10.2. The molecule has 1 rings (SSSR count). The summed E-state index contributed by atoms with van der Waals surface area (Å²) in [5, 5.41) is 0. The minimum atomic E-state index is -0.0278. The molecule has 0 amide bonds. The first-order valence-electron chi connectivity index (χ1n) is 4.30. The molecule has 0 spiro atoms. The third-order valence-electron chi connectivity index (χ3n) is 1.71. The molecule has 0 N–H and O–H groups in total. The molecule has 0 saturated carbocycles. The van der Waals surface area contributed by atoms with Crippen LogP contribution in [-0.2, 0) is 4.74 Å². The Morgan fingerprint density at radius 3 is 2.77 bits per heavy atom. The molecule has 0 radical (unpaired) electrons. The van der Waals surface area contributed by atoms with Gasteiger partial charge in [-0.15, -0.1) is 0 Å². The first-order chi connectivity index (χ1) is 6.11. The summed E-state index contributed by atoms with van der Waals surface area (Å²) in [5.41, 5.74) is 0.612. The minimum Gasteiger partial charge on any atom is -0.469 e. The lowest BCUT2D eigenvalue weighted by molar-refractivity contribution is 0.0583. The van der Waals surface area contributed by atoms with Crippen LogP contribution in [0.15, 0.2) is 16.7 Å². The maximum atomic E-state index is 11.4. The van der Waals surface area contributed by atoms with Crippen LogP contribution in [0.1, 0.15) is 30.0 Å². The van der Waals surface area contributed by atoms with E-state index in [1.54, 1.807) is 13.0 Å². The van der Waals surface area contributed by atoms with Gasteiger partial charge in [-0.25, -0.2) is 0 Å². The summed E-state index contributed by atoms with van der Waals surface area (Å²) in [6, 6.07) is 1.67. The zero-order valence-corrected chi connectivity index (χ0v) is 8.16. The van der Waals surface area contributed by atoms with Crippen LogP contribution in [0.2, 0.25) is 0 Å². The van der Waals surface area contributed by atoms with Crippen LogP contribution >= 0.6 is 0 Å². The van der Waals surface area contributed by atoms with E-state index in [-0.39, 0.29) is 18.5 Å². The lowest BCUT2D eigenvalue weighted by atomic mass is 10.2. The van der Waals surface area contributed by atoms with Gasteiger partial charge in [-0.05, 0) is 26.8 Å². The molecule has 3 heteroatoms. The SMILES string of the molecule is Cc1occc1C(=O)COC(C)C. The molecule has 0 aromatic carbocycles. The Bertz CT molecular complexity index is 286. The summed E-state index contributed by atoms with van der Waals surface area (Å²) in [4.78, 5) is 11.4. The van der Waals surface area contributed by atoms with Crippen LogP contribution in [0.3, 0.4) is 0 Å². The smallest absolute Gasteiger partial charge is 0.191 e. The topological polar surface area (TPSA) is 39.4 Å². The molecule has 3 nitrogen and oxygen atoms in total. The summed E-state index contributed by atoms with van der Waals surface area (Å²) in [6.45, 7) is 5.69. The minimum absolute atomic E-state index is 0.0278. The van der Waals surface area contributed by atoms with E-state index in [0.717, 1.165) is 0 Å². The molecule has 0 fully saturated rings. The summed E-state index contributed by atoms with van der Waals surface area (Å²) >= 11 is 0. The zero-order chi connectivity index (χ0) is 9.84. The normalized spacial score (nSPS) is 10.8. The van der Waals surface area contributed by atoms with Gasteiger partial charge in [-0.2, -0.15) is 0 Å². The molecule has 13 heavy (non-hydrogen) atoms. The number of carbonyl (C=O) groups excluding carboxylic acids is 1. The number of ketones is 1. The Hall–Kier alpha value is -1.09. The van der Waals surface area contributed by atoms with Gasteiger partial charge >= 0.3 is 0 Å². The Labute approximate surface area is 77.7 Å². The van der Waals surface area contributed by atoms with E-state index in [9.17, 15) is 4.79 Å². The highest BCUT2D eigenvalue weighted by Crippen LogP contribution is 2.09. The molecular formula is C10H14O3. The van der Waals surface area contributed by atoms with Crippen molar-refractivity contribution in [1.29, 1.82) is 0 Å². The van der Waals surface area contributed by atoms with Crippen molar-refractivity contribution in [1.82, 2.24) is 0 Å².